The SMILES string of the molecule is COc1ccc(Cn2nc(I)c3cccnc32)cc1. The van der Waals surface area contributed by atoms with Gasteiger partial charge in [-0.1, -0.05) is 12.1 Å². The van der Waals surface area contributed by atoms with Gasteiger partial charge in [0.05, 0.1) is 19.0 Å². The summed E-state index contributed by atoms with van der Waals surface area (Å²) in [6, 6.07) is 12.0. The van der Waals surface area contributed by atoms with E-state index in [0.717, 1.165) is 20.5 Å². The summed E-state index contributed by atoms with van der Waals surface area (Å²) < 4.78 is 8.07. The van der Waals surface area contributed by atoms with Crippen LogP contribution >= 0.6 is 22.6 Å². The molecule has 0 radical (unpaired) electrons. The number of halogens is 1. The fraction of sp³-hybridized carbons (Fsp3) is 0.143. The van der Waals surface area contributed by atoms with Gasteiger partial charge in [-0.3, -0.25) is 0 Å². The van der Waals surface area contributed by atoms with E-state index < -0.39 is 0 Å². The summed E-state index contributed by atoms with van der Waals surface area (Å²) in [5.74, 6) is 0.863. The van der Waals surface area contributed by atoms with Crippen LogP contribution < -0.4 is 4.74 Å². The van der Waals surface area contributed by atoms with Crippen molar-refractivity contribution in [2.24, 2.45) is 0 Å². The molecule has 3 aromatic rings. The number of benzene rings is 1. The molecule has 0 N–H and O–H groups in total. The molecule has 96 valence electrons. The van der Waals surface area contributed by atoms with Gasteiger partial charge >= 0.3 is 0 Å². The van der Waals surface area contributed by atoms with Gasteiger partial charge in [0, 0.05) is 6.20 Å². The Morgan fingerprint density at radius 2 is 2.00 bits per heavy atom. The highest BCUT2D eigenvalue weighted by Gasteiger charge is 2.09. The van der Waals surface area contributed by atoms with Crippen molar-refractivity contribution in [2.75, 3.05) is 7.11 Å². The Bertz CT molecular complexity index is 706. The zero-order valence-electron chi connectivity index (χ0n) is 10.4. The summed E-state index contributed by atoms with van der Waals surface area (Å²) in [7, 11) is 1.67. The number of rotatable bonds is 3. The molecule has 1 aromatic carbocycles. The molecule has 0 spiro atoms. The first-order chi connectivity index (χ1) is 9.28. The van der Waals surface area contributed by atoms with E-state index in [1.54, 1.807) is 13.3 Å². The van der Waals surface area contributed by atoms with Gasteiger partial charge in [-0.15, -0.1) is 0 Å². The maximum atomic E-state index is 5.16. The summed E-state index contributed by atoms with van der Waals surface area (Å²) in [6.07, 6.45) is 1.80. The molecule has 0 bridgehead atoms. The van der Waals surface area contributed by atoms with Crippen molar-refractivity contribution in [3.05, 3.63) is 51.9 Å². The molecule has 4 nitrogen and oxygen atoms in total. The molecule has 19 heavy (non-hydrogen) atoms. The Morgan fingerprint density at radius 3 is 2.74 bits per heavy atom. The molecule has 0 fully saturated rings. The third-order valence-electron chi connectivity index (χ3n) is 2.95. The van der Waals surface area contributed by atoms with Crippen LogP contribution in [0.5, 0.6) is 5.75 Å². The molecule has 2 aromatic heterocycles. The van der Waals surface area contributed by atoms with E-state index in [4.69, 9.17) is 4.74 Å². The summed E-state index contributed by atoms with van der Waals surface area (Å²) in [4.78, 5) is 4.40. The van der Waals surface area contributed by atoms with Crippen LogP contribution in [0.25, 0.3) is 11.0 Å². The molecule has 0 aliphatic rings. The van der Waals surface area contributed by atoms with Crippen LogP contribution in [0.2, 0.25) is 0 Å². The Hall–Kier alpha value is -1.63. The largest absolute Gasteiger partial charge is 0.497 e. The summed E-state index contributed by atoms with van der Waals surface area (Å²) >= 11 is 2.24. The molecular formula is C14H12IN3O. The number of pyridine rings is 1. The van der Waals surface area contributed by atoms with Crippen LogP contribution in [0.15, 0.2) is 42.6 Å². The second-order valence-corrected chi connectivity index (χ2v) is 5.19. The smallest absolute Gasteiger partial charge is 0.159 e. The Labute approximate surface area is 124 Å². The van der Waals surface area contributed by atoms with Crippen molar-refractivity contribution in [2.45, 2.75) is 6.54 Å². The van der Waals surface area contributed by atoms with Gasteiger partial charge in [0.2, 0.25) is 0 Å². The minimum atomic E-state index is 0.709. The lowest BCUT2D eigenvalue weighted by molar-refractivity contribution is 0.414. The maximum absolute atomic E-state index is 5.16. The molecule has 0 saturated carbocycles. The molecule has 0 aliphatic heterocycles. The van der Waals surface area contributed by atoms with Gasteiger partial charge in [-0.25, -0.2) is 9.67 Å². The monoisotopic (exact) mass is 365 g/mol. The summed E-state index contributed by atoms with van der Waals surface area (Å²) in [5, 5.41) is 5.63. The van der Waals surface area contributed by atoms with Gasteiger partial charge in [0.15, 0.2) is 5.65 Å². The third kappa shape index (κ3) is 2.42. The van der Waals surface area contributed by atoms with Gasteiger partial charge < -0.3 is 4.74 Å². The molecule has 0 atom stereocenters. The van der Waals surface area contributed by atoms with Crippen molar-refractivity contribution < 1.29 is 4.74 Å². The van der Waals surface area contributed by atoms with E-state index >= 15 is 0 Å². The van der Waals surface area contributed by atoms with E-state index in [0.29, 0.717) is 6.54 Å². The minimum absolute atomic E-state index is 0.709. The molecule has 0 saturated heterocycles. The lowest BCUT2D eigenvalue weighted by atomic mass is 10.2. The predicted molar refractivity (Wildman–Crippen MR) is 82.3 cm³/mol. The van der Waals surface area contributed by atoms with Crippen molar-refractivity contribution in [1.82, 2.24) is 14.8 Å². The first-order valence-electron chi connectivity index (χ1n) is 5.88. The van der Waals surface area contributed by atoms with Gasteiger partial charge in [-0.05, 0) is 52.4 Å². The van der Waals surface area contributed by atoms with Crippen molar-refractivity contribution in [3.63, 3.8) is 0 Å². The highest BCUT2D eigenvalue weighted by Crippen LogP contribution is 2.19. The lowest BCUT2D eigenvalue weighted by Crippen LogP contribution is -2.02. The van der Waals surface area contributed by atoms with Crippen LogP contribution in [0.4, 0.5) is 0 Å². The lowest BCUT2D eigenvalue weighted by Gasteiger charge is -2.04. The average Bonchev–Trinajstić information content (AvgIpc) is 2.77. The first kappa shape index (κ1) is 12.4. The quantitative estimate of drug-likeness (QED) is 0.670. The van der Waals surface area contributed by atoms with Crippen LogP contribution in [-0.4, -0.2) is 21.9 Å². The van der Waals surface area contributed by atoms with Gasteiger partial charge in [0.25, 0.3) is 0 Å². The average molecular weight is 365 g/mol. The van der Waals surface area contributed by atoms with Gasteiger partial charge in [-0.2, -0.15) is 5.10 Å². The van der Waals surface area contributed by atoms with Crippen LogP contribution in [0.1, 0.15) is 5.56 Å². The zero-order chi connectivity index (χ0) is 13.2. The number of hydrogen-bond acceptors (Lipinski definition) is 3. The summed E-state index contributed by atoms with van der Waals surface area (Å²) in [6.45, 7) is 0.709. The van der Waals surface area contributed by atoms with E-state index in [9.17, 15) is 0 Å². The normalized spacial score (nSPS) is 10.8. The van der Waals surface area contributed by atoms with Crippen LogP contribution in [-0.2, 0) is 6.54 Å². The minimum Gasteiger partial charge on any atom is -0.497 e. The number of methoxy groups -OCH3 is 1. The third-order valence-corrected chi connectivity index (χ3v) is 3.75. The molecule has 0 aliphatic carbocycles. The molecule has 0 amide bonds. The van der Waals surface area contributed by atoms with E-state index in [1.807, 2.05) is 41.1 Å². The number of hydrogen-bond donors (Lipinski definition) is 0. The number of fused-ring (bicyclic) bond motifs is 1. The summed E-state index contributed by atoms with van der Waals surface area (Å²) in [5.41, 5.74) is 2.09. The first-order valence-corrected chi connectivity index (χ1v) is 6.96. The molecular weight excluding hydrogens is 353 g/mol. The second kappa shape index (κ2) is 5.16. The van der Waals surface area contributed by atoms with E-state index in [1.165, 1.54) is 5.56 Å². The maximum Gasteiger partial charge on any atom is 0.159 e. The van der Waals surface area contributed by atoms with Crippen molar-refractivity contribution in [1.29, 1.82) is 0 Å². The Morgan fingerprint density at radius 1 is 1.21 bits per heavy atom. The van der Waals surface area contributed by atoms with Crippen LogP contribution in [0, 0.1) is 3.70 Å². The molecule has 3 rings (SSSR count). The zero-order valence-corrected chi connectivity index (χ0v) is 12.5. The Balaban J connectivity index is 1.96. The second-order valence-electron chi connectivity index (χ2n) is 4.17. The van der Waals surface area contributed by atoms with Crippen molar-refractivity contribution >= 4 is 33.6 Å². The standard InChI is InChI=1S/C14H12IN3O/c1-19-11-6-4-10(5-7-11)9-18-14-12(13(15)17-18)3-2-8-16-14/h2-8H,9H2,1H3. The highest BCUT2D eigenvalue weighted by atomic mass is 127. The Kier molecular flexibility index (Phi) is 3.37. The topological polar surface area (TPSA) is 39.9 Å². The van der Waals surface area contributed by atoms with Crippen molar-refractivity contribution in [3.8, 4) is 5.75 Å². The van der Waals surface area contributed by atoms with Gasteiger partial charge in [0.1, 0.15) is 9.45 Å². The number of ether oxygens (including phenoxy) is 1. The number of nitrogens with zero attached hydrogens (tertiary/aromatic N) is 3. The van der Waals surface area contributed by atoms with E-state index in [-0.39, 0.29) is 0 Å². The molecule has 5 heteroatoms. The number of aromatic nitrogens is 3. The molecule has 0 unspecified atom stereocenters. The highest BCUT2D eigenvalue weighted by molar-refractivity contribution is 14.1. The fourth-order valence-electron chi connectivity index (χ4n) is 1.99. The molecule has 2 heterocycles. The van der Waals surface area contributed by atoms with Crippen LogP contribution in [0.3, 0.4) is 0 Å². The predicted octanol–water partition coefficient (Wildman–Crippen LogP) is 3.09. The van der Waals surface area contributed by atoms with E-state index in [2.05, 4.69) is 32.7 Å². The fourth-order valence-corrected chi connectivity index (χ4v) is 2.67.